The van der Waals surface area contributed by atoms with E-state index in [-0.39, 0.29) is 0 Å². The van der Waals surface area contributed by atoms with Gasteiger partial charge >= 0.3 is 0 Å². The molecular weight excluding hydrogens is 267 g/mol. The summed E-state index contributed by atoms with van der Waals surface area (Å²) in [4.78, 5) is 0. The summed E-state index contributed by atoms with van der Waals surface area (Å²) < 4.78 is 18.8. The normalized spacial score (nSPS) is 10.5. The molecule has 3 aromatic rings. The van der Waals surface area contributed by atoms with Gasteiger partial charge in [0.15, 0.2) is 0 Å². The Balaban J connectivity index is 1.91. The third kappa shape index (κ3) is 2.46. The number of anilines is 1. The molecule has 0 radical (unpaired) electrons. The highest BCUT2D eigenvalue weighted by molar-refractivity contribution is 5.82. The molecule has 0 aliphatic rings. The van der Waals surface area contributed by atoms with E-state index in [2.05, 4.69) is 5.32 Å². The minimum Gasteiger partial charge on any atom is -0.461 e. The van der Waals surface area contributed by atoms with Crippen molar-refractivity contribution in [3.05, 3.63) is 65.2 Å². The number of nitriles is 1. The Morgan fingerprint density at radius 3 is 2.86 bits per heavy atom. The summed E-state index contributed by atoms with van der Waals surface area (Å²) in [7, 11) is 0. The predicted molar refractivity (Wildman–Crippen MR) is 79.4 cm³/mol. The van der Waals surface area contributed by atoms with Gasteiger partial charge in [0.25, 0.3) is 0 Å². The average Bonchev–Trinajstić information content (AvgIpc) is 2.81. The fraction of sp³-hybridized carbons (Fsp3) is 0.118. The van der Waals surface area contributed by atoms with Crippen molar-refractivity contribution in [3.63, 3.8) is 0 Å². The molecule has 1 N–H and O–H groups in total. The van der Waals surface area contributed by atoms with Gasteiger partial charge in [-0.3, -0.25) is 0 Å². The van der Waals surface area contributed by atoms with Gasteiger partial charge in [-0.1, -0.05) is 18.2 Å². The first-order valence-electron chi connectivity index (χ1n) is 6.59. The zero-order chi connectivity index (χ0) is 14.8. The Kier molecular flexibility index (Phi) is 3.33. The van der Waals surface area contributed by atoms with Crippen molar-refractivity contribution in [2.24, 2.45) is 0 Å². The highest BCUT2D eigenvalue weighted by Gasteiger charge is 2.11. The zero-order valence-electron chi connectivity index (χ0n) is 11.5. The van der Waals surface area contributed by atoms with Crippen LogP contribution in [0, 0.1) is 24.1 Å². The molecule has 3 rings (SSSR count). The molecule has 0 unspecified atom stereocenters. The summed E-state index contributed by atoms with van der Waals surface area (Å²) in [6.45, 7) is 2.43. The molecule has 0 bridgehead atoms. The van der Waals surface area contributed by atoms with Gasteiger partial charge in [-0.25, -0.2) is 4.39 Å². The van der Waals surface area contributed by atoms with Crippen LogP contribution >= 0.6 is 0 Å². The summed E-state index contributed by atoms with van der Waals surface area (Å²) in [5, 5.41) is 13.3. The van der Waals surface area contributed by atoms with Gasteiger partial charge in [0.1, 0.15) is 23.2 Å². The second kappa shape index (κ2) is 5.29. The smallest absolute Gasteiger partial charge is 0.134 e. The van der Waals surface area contributed by atoms with Gasteiger partial charge in [-0.2, -0.15) is 5.26 Å². The number of fused-ring (bicyclic) bond motifs is 1. The third-order valence-corrected chi connectivity index (χ3v) is 3.46. The Labute approximate surface area is 121 Å². The maximum absolute atomic E-state index is 13.1. The van der Waals surface area contributed by atoms with E-state index >= 15 is 0 Å². The van der Waals surface area contributed by atoms with E-state index in [1.54, 1.807) is 6.07 Å². The van der Waals surface area contributed by atoms with Crippen LogP contribution in [0.3, 0.4) is 0 Å². The van der Waals surface area contributed by atoms with Crippen LogP contribution in [0.4, 0.5) is 10.1 Å². The molecule has 0 saturated heterocycles. The van der Waals surface area contributed by atoms with E-state index in [9.17, 15) is 4.39 Å². The van der Waals surface area contributed by atoms with Crippen molar-refractivity contribution in [2.45, 2.75) is 13.5 Å². The van der Waals surface area contributed by atoms with E-state index in [1.165, 1.54) is 12.1 Å². The highest BCUT2D eigenvalue weighted by Crippen LogP contribution is 2.26. The topological polar surface area (TPSA) is 49.0 Å². The summed E-state index contributed by atoms with van der Waals surface area (Å²) >= 11 is 0. The van der Waals surface area contributed by atoms with Crippen LogP contribution in [0.1, 0.15) is 16.9 Å². The molecule has 0 spiro atoms. The third-order valence-electron chi connectivity index (χ3n) is 3.46. The standard InChI is InChI=1S/C17H13FN2O/c1-11-15(14-4-2-3-5-17(14)21-11)10-20-16-7-6-13(18)8-12(16)9-19/h2-8,20H,10H2,1H3. The number of para-hydroxylation sites is 1. The fourth-order valence-corrected chi connectivity index (χ4v) is 2.39. The lowest BCUT2D eigenvalue weighted by Gasteiger charge is -2.08. The average molecular weight is 280 g/mol. The first-order chi connectivity index (χ1) is 10.2. The first kappa shape index (κ1) is 13.2. The van der Waals surface area contributed by atoms with Gasteiger partial charge in [0.2, 0.25) is 0 Å². The Morgan fingerprint density at radius 1 is 1.24 bits per heavy atom. The molecule has 4 heteroatoms. The van der Waals surface area contributed by atoms with Crippen molar-refractivity contribution >= 4 is 16.7 Å². The van der Waals surface area contributed by atoms with Gasteiger partial charge in [0, 0.05) is 17.5 Å². The lowest BCUT2D eigenvalue weighted by Crippen LogP contribution is -2.02. The Hall–Kier alpha value is -2.80. The van der Waals surface area contributed by atoms with E-state index in [0.29, 0.717) is 17.8 Å². The van der Waals surface area contributed by atoms with Gasteiger partial charge < -0.3 is 9.73 Å². The molecule has 0 amide bonds. The number of benzene rings is 2. The number of hydrogen-bond acceptors (Lipinski definition) is 3. The summed E-state index contributed by atoms with van der Waals surface area (Å²) in [5.41, 5.74) is 2.79. The largest absolute Gasteiger partial charge is 0.461 e. The van der Waals surface area contributed by atoms with Crippen LogP contribution in [0.5, 0.6) is 0 Å². The monoisotopic (exact) mass is 280 g/mol. The van der Waals surface area contributed by atoms with Crippen LogP contribution in [-0.2, 0) is 6.54 Å². The molecule has 0 fully saturated rings. The number of halogens is 1. The van der Waals surface area contributed by atoms with Gasteiger partial charge in [-0.05, 0) is 31.2 Å². The van der Waals surface area contributed by atoms with Crippen LogP contribution in [0.15, 0.2) is 46.9 Å². The maximum atomic E-state index is 13.1. The van der Waals surface area contributed by atoms with Crippen molar-refractivity contribution in [1.82, 2.24) is 0 Å². The number of rotatable bonds is 3. The van der Waals surface area contributed by atoms with Crippen molar-refractivity contribution in [3.8, 4) is 6.07 Å². The maximum Gasteiger partial charge on any atom is 0.134 e. The molecule has 0 aliphatic heterocycles. The molecule has 21 heavy (non-hydrogen) atoms. The Bertz CT molecular complexity index is 846. The van der Waals surface area contributed by atoms with Crippen molar-refractivity contribution in [1.29, 1.82) is 5.26 Å². The zero-order valence-corrected chi connectivity index (χ0v) is 11.5. The van der Waals surface area contributed by atoms with Crippen LogP contribution < -0.4 is 5.32 Å². The number of nitrogens with zero attached hydrogens (tertiary/aromatic N) is 1. The van der Waals surface area contributed by atoms with Crippen LogP contribution in [0.25, 0.3) is 11.0 Å². The molecule has 2 aromatic carbocycles. The minimum atomic E-state index is -0.415. The Morgan fingerprint density at radius 2 is 2.05 bits per heavy atom. The second-order valence-corrected chi connectivity index (χ2v) is 4.79. The van der Waals surface area contributed by atoms with E-state index < -0.39 is 5.82 Å². The first-order valence-corrected chi connectivity index (χ1v) is 6.59. The lowest BCUT2D eigenvalue weighted by molar-refractivity contribution is 0.573. The number of aryl methyl sites for hydroxylation is 1. The molecule has 0 atom stereocenters. The van der Waals surface area contributed by atoms with Crippen molar-refractivity contribution < 1.29 is 8.81 Å². The molecular formula is C17H13FN2O. The molecule has 104 valence electrons. The molecule has 1 heterocycles. The lowest BCUT2D eigenvalue weighted by atomic mass is 10.1. The van der Waals surface area contributed by atoms with E-state index in [1.807, 2.05) is 37.3 Å². The van der Waals surface area contributed by atoms with E-state index in [4.69, 9.17) is 9.68 Å². The molecule has 0 aliphatic carbocycles. The molecule has 0 saturated carbocycles. The van der Waals surface area contributed by atoms with Crippen molar-refractivity contribution in [2.75, 3.05) is 5.32 Å². The van der Waals surface area contributed by atoms with Gasteiger partial charge in [-0.15, -0.1) is 0 Å². The summed E-state index contributed by atoms with van der Waals surface area (Å²) in [6.07, 6.45) is 0. The molecule has 3 nitrogen and oxygen atoms in total. The SMILES string of the molecule is Cc1oc2ccccc2c1CNc1ccc(F)cc1C#N. The highest BCUT2D eigenvalue weighted by atomic mass is 19.1. The van der Waals surface area contributed by atoms with E-state index in [0.717, 1.165) is 22.3 Å². The second-order valence-electron chi connectivity index (χ2n) is 4.79. The molecule has 1 aromatic heterocycles. The quantitative estimate of drug-likeness (QED) is 0.775. The fourth-order valence-electron chi connectivity index (χ4n) is 2.39. The van der Waals surface area contributed by atoms with Gasteiger partial charge in [0.05, 0.1) is 11.3 Å². The summed E-state index contributed by atoms with van der Waals surface area (Å²) in [5.74, 6) is 0.423. The minimum absolute atomic E-state index is 0.292. The number of nitrogens with one attached hydrogen (secondary N) is 1. The summed E-state index contributed by atoms with van der Waals surface area (Å²) in [6, 6.07) is 13.9. The number of hydrogen-bond donors (Lipinski definition) is 1. The van der Waals surface area contributed by atoms with Crippen LogP contribution in [-0.4, -0.2) is 0 Å². The number of furan rings is 1. The predicted octanol–water partition coefficient (Wildman–Crippen LogP) is 4.36. The van der Waals surface area contributed by atoms with Crippen LogP contribution in [0.2, 0.25) is 0 Å².